The summed E-state index contributed by atoms with van der Waals surface area (Å²) < 4.78 is 10.1. The highest BCUT2D eigenvalue weighted by Gasteiger charge is 2.12. The molecule has 1 rings (SSSR count). The molecule has 1 aromatic rings. The number of rotatable bonds is 7. The first-order valence-electron chi connectivity index (χ1n) is 5.42. The maximum Gasteiger partial charge on any atom is 0.255 e. The summed E-state index contributed by atoms with van der Waals surface area (Å²) in [5.74, 6) is -0.404. The largest absolute Gasteiger partial charge is 0.457 e. The lowest BCUT2D eigenvalue weighted by atomic mass is 10.3. The fourth-order valence-corrected chi connectivity index (χ4v) is 1.64. The molecule has 0 saturated heterocycles. The van der Waals surface area contributed by atoms with Gasteiger partial charge in [0.05, 0.1) is 18.4 Å². The third-order valence-corrected chi connectivity index (χ3v) is 2.74. The van der Waals surface area contributed by atoms with Crippen LogP contribution in [0.4, 0.5) is 0 Å². The maximum atomic E-state index is 11.6. The van der Waals surface area contributed by atoms with E-state index in [1.54, 1.807) is 13.2 Å². The van der Waals surface area contributed by atoms with Gasteiger partial charge in [0, 0.05) is 26.6 Å². The van der Waals surface area contributed by atoms with Crippen molar-refractivity contribution >= 4 is 27.7 Å². The molecule has 1 heterocycles. The van der Waals surface area contributed by atoms with Gasteiger partial charge in [-0.2, -0.15) is 0 Å². The number of hydrogen-bond acceptors (Lipinski definition) is 4. The van der Waals surface area contributed by atoms with Crippen LogP contribution in [0.3, 0.4) is 0 Å². The molecular formula is C11H15BrN2O4. The van der Waals surface area contributed by atoms with Crippen molar-refractivity contribution in [2.75, 3.05) is 26.8 Å². The molecule has 0 radical (unpaired) electrons. The lowest BCUT2D eigenvalue weighted by molar-refractivity contribution is -0.121. The molecule has 100 valence electrons. The van der Waals surface area contributed by atoms with E-state index < -0.39 is 0 Å². The minimum absolute atomic E-state index is 0.126. The van der Waals surface area contributed by atoms with E-state index in [0.29, 0.717) is 23.4 Å². The number of furan rings is 1. The number of methoxy groups -OCH3 is 1. The SMILES string of the molecule is COCCNC(=O)CCNC(=O)c1ccoc1Br. The Morgan fingerprint density at radius 2 is 2.17 bits per heavy atom. The van der Waals surface area contributed by atoms with Crippen LogP contribution in [0.25, 0.3) is 0 Å². The van der Waals surface area contributed by atoms with E-state index in [1.165, 1.54) is 6.26 Å². The van der Waals surface area contributed by atoms with Crippen molar-refractivity contribution in [2.24, 2.45) is 0 Å². The fourth-order valence-electron chi connectivity index (χ4n) is 1.22. The van der Waals surface area contributed by atoms with Crippen LogP contribution in [0.5, 0.6) is 0 Å². The van der Waals surface area contributed by atoms with E-state index in [2.05, 4.69) is 26.6 Å². The second-order valence-corrected chi connectivity index (χ2v) is 4.18. The van der Waals surface area contributed by atoms with E-state index in [9.17, 15) is 9.59 Å². The van der Waals surface area contributed by atoms with Gasteiger partial charge in [-0.25, -0.2) is 0 Å². The lowest BCUT2D eigenvalue weighted by Gasteiger charge is -2.05. The second kappa shape index (κ2) is 7.88. The van der Waals surface area contributed by atoms with Gasteiger partial charge in [0.25, 0.3) is 5.91 Å². The van der Waals surface area contributed by atoms with Gasteiger partial charge >= 0.3 is 0 Å². The van der Waals surface area contributed by atoms with E-state index in [0.717, 1.165) is 0 Å². The molecule has 0 fully saturated rings. The quantitative estimate of drug-likeness (QED) is 0.733. The fraction of sp³-hybridized carbons (Fsp3) is 0.455. The monoisotopic (exact) mass is 318 g/mol. The minimum atomic E-state index is -0.277. The van der Waals surface area contributed by atoms with Crippen LogP contribution in [-0.2, 0) is 9.53 Å². The molecule has 0 bridgehead atoms. The van der Waals surface area contributed by atoms with Crippen LogP contribution in [0.15, 0.2) is 21.4 Å². The molecule has 18 heavy (non-hydrogen) atoms. The van der Waals surface area contributed by atoms with Crippen LogP contribution in [0.2, 0.25) is 0 Å². The van der Waals surface area contributed by atoms with Crippen molar-refractivity contribution in [1.82, 2.24) is 10.6 Å². The average Bonchev–Trinajstić information content (AvgIpc) is 2.76. The van der Waals surface area contributed by atoms with E-state index in [1.807, 2.05) is 0 Å². The molecule has 0 aromatic carbocycles. The smallest absolute Gasteiger partial charge is 0.255 e. The maximum absolute atomic E-state index is 11.6. The number of ether oxygens (including phenoxy) is 1. The van der Waals surface area contributed by atoms with E-state index in [-0.39, 0.29) is 24.8 Å². The Morgan fingerprint density at radius 1 is 1.39 bits per heavy atom. The summed E-state index contributed by atoms with van der Waals surface area (Å²) in [7, 11) is 1.56. The first kappa shape index (κ1) is 14.7. The molecule has 2 N–H and O–H groups in total. The molecule has 0 atom stereocenters. The summed E-state index contributed by atoms with van der Waals surface area (Å²) in [4.78, 5) is 22.9. The van der Waals surface area contributed by atoms with Crippen molar-refractivity contribution in [2.45, 2.75) is 6.42 Å². The van der Waals surface area contributed by atoms with E-state index in [4.69, 9.17) is 9.15 Å². The summed E-state index contributed by atoms with van der Waals surface area (Å²) in [6, 6.07) is 1.55. The summed E-state index contributed by atoms with van der Waals surface area (Å²) in [6.45, 7) is 1.21. The summed E-state index contributed by atoms with van der Waals surface area (Å²) in [6.07, 6.45) is 1.64. The zero-order valence-corrected chi connectivity index (χ0v) is 11.6. The molecule has 7 heteroatoms. The Hall–Kier alpha value is -1.34. The van der Waals surface area contributed by atoms with Gasteiger partial charge in [-0.15, -0.1) is 0 Å². The number of nitrogens with one attached hydrogen (secondary N) is 2. The summed E-state index contributed by atoms with van der Waals surface area (Å²) in [5.41, 5.74) is 0.412. The van der Waals surface area contributed by atoms with Crippen LogP contribution < -0.4 is 10.6 Å². The van der Waals surface area contributed by atoms with Gasteiger partial charge in [-0.1, -0.05) is 0 Å². The molecule has 2 amide bonds. The molecule has 0 aliphatic heterocycles. The van der Waals surface area contributed by atoms with Gasteiger partial charge in [0.1, 0.15) is 0 Å². The Kier molecular flexibility index (Phi) is 6.45. The van der Waals surface area contributed by atoms with E-state index >= 15 is 0 Å². The third-order valence-electron chi connectivity index (χ3n) is 2.13. The highest BCUT2D eigenvalue weighted by atomic mass is 79.9. The number of hydrogen-bond donors (Lipinski definition) is 2. The Bertz CT molecular complexity index is 406. The first-order chi connectivity index (χ1) is 8.65. The summed E-state index contributed by atoms with van der Waals surface area (Å²) >= 11 is 3.11. The molecule has 0 saturated carbocycles. The van der Waals surface area contributed by atoms with Crippen molar-refractivity contribution in [3.63, 3.8) is 0 Å². The zero-order valence-electron chi connectivity index (χ0n) is 9.99. The predicted octanol–water partition coefficient (Wildman–Crippen LogP) is 0.925. The van der Waals surface area contributed by atoms with Gasteiger partial charge in [-0.05, 0) is 22.0 Å². The van der Waals surface area contributed by atoms with Crippen molar-refractivity contribution in [1.29, 1.82) is 0 Å². The zero-order chi connectivity index (χ0) is 13.4. The van der Waals surface area contributed by atoms with Gasteiger partial charge < -0.3 is 19.8 Å². The van der Waals surface area contributed by atoms with Crippen LogP contribution in [-0.4, -0.2) is 38.6 Å². The highest BCUT2D eigenvalue weighted by molar-refractivity contribution is 9.10. The number of carbonyl (C=O) groups excluding carboxylic acids is 2. The predicted molar refractivity (Wildman–Crippen MR) is 68.2 cm³/mol. The normalized spacial score (nSPS) is 10.1. The van der Waals surface area contributed by atoms with Crippen LogP contribution in [0, 0.1) is 0 Å². The Balaban J connectivity index is 2.20. The second-order valence-electron chi connectivity index (χ2n) is 3.46. The first-order valence-corrected chi connectivity index (χ1v) is 6.21. The minimum Gasteiger partial charge on any atom is -0.457 e. The molecule has 1 aromatic heterocycles. The molecule has 0 spiro atoms. The molecule has 0 aliphatic rings. The molecule has 0 unspecified atom stereocenters. The lowest BCUT2D eigenvalue weighted by Crippen LogP contribution is -2.32. The Morgan fingerprint density at radius 3 is 2.78 bits per heavy atom. The number of carbonyl (C=O) groups is 2. The van der Waals surface area contributed by atoms with Crippen molar-refractivity contribution in [3.05, 3.63) is 22.6 Å². The standard InChI is InChI=1S/C11H15BrN2O4/c1-17-7-5-13-9(15)2-4-14-11(16)8-3-6-18-10(8)12/h3,6H,2,4-5,7H2,1H3,(H,13,15)(H,14,16). The topological polar surface area (TPSA) is 80.6 Å². The van der Waals surface area contributed by atoms with Crippen molar-refractivity contribution < 1.29 is 18.7 Å². The molecular weight excluding hydrogens is 304 g/mol. The third kappa shape index (κ3) is 4.89. The van der Waals surface area contributed by atoms with Gasteiger partial charge in [0.2, 0.25) is 5.91 Å². The molecule has 0 aliphatic carbocycles. The Labute approximate surface area is 113 Å². The van der Waals surface area contributed by atoms with Crippen LogP contribution >= 0.6 is 15.9 Å². The van der Waals surface area contributed by atoms with Crippen molar-refractivity contribution in [3.8, 4) is 0 Å². The highest BCUT2D eigenvalue weighted by Crippen LogP contribution is 2.16. The average molecular weight is 319 g/mol. The number of halogens is 1. The number of amides is 2. The van der Waals surface area contributed by atoms with Gasteiger partial charge in [0.15, 0.2) is 4.67 Å². The molecule has 6 nitrogen and oxygen atoms in total. The summed E-state index contributed by atoms with van der Waals surface area (Å²) in [5, 5.41) is 5.29. The van der Waals surface area contributed by atoms with Crippen LogP contribution in [0.1, 0.15) is 16.8 Å². The van der Waals surface area contributed by atoms with Gasteiger partial charge in [-0.3, -0.25) is 9.59 Å².